The normalized spacial score (nSPS) is 16.9. The van der Waals surface area contributed by atoms with Crippen LogP contribution in [0.25, 0.3) is 11.3 Å². The van der Waals surface area contributed by atoms with E-state index in [9.17, 15) is 4.79 Å². The van der Waals surface area contributed by atoms with Crippen LogP contribution in [-0.2, 0) is 4.79 Å². The number of hydrogen-bond donors (Lipinski definition) is 1. The Bertz CT molecular complexity index is 910. The lowest BCUT2D eigenvalue weighted by atomic mass is 9.97. The van der Waals surface area contributed by atoms with Gasteiger partial charge in [-0.05, 0) is 25.8 Å². The van der Waals surface area contributed by atoms with Gasteiger partial charge in [0.25, 0.3) is 0 Å². The smallest absolute Gasteiger partial charge is 0.231 e. The van der Waals surface area contributed by atoms with Crippen LogP contribution >= 0.6 is 11.3 Å². The molecule has 1 fully saturated rings. The molecule has 1 aromatic carbocycles. The van der Waals surface area contributed by atoms with Gasteiger partial charge in [-0.3, -0.25) is 4.79 Å². The van der Waals surface area contributed by atoms with Crippen LogP contribution in [0.2, 0.25) is 0 Å². The molecule has 0 spiro atoms. The average molecular weight is 379 g/mol. The van der Waals surface area contributed by atoms with Gasteiger partial charge in [0.2, 0.25) is 11.9 Å². The first-order valence-corrected chi connectivity index (χ1v) is 9.92. The second-order valence-corrected chi connectivity index (χ2v) is 7.59. The highest BCUT2D eigenvalue weighted by Crippen LogP contribution is 2.27. The van der Waals surface area contributed by atoms with E-state index in [4.69, 9.17) is 0 Å². The summed E-state index contributed by atoms with van der Waals surface area (Å²) in [6.45, 7) is 3.57. The Kier molecular flexibility index (Phi) is 5.11. The zero-order valence-electron chi connectivity index (χ0n) is 15.1. The van der Waals surface area contributed by atoms with Crippen molar-refractivity contribution in [2.24, 2.45) is 5.92 Å². The highest BCUT2D eigenvalue weighted by Gasteiger charge is 2.27. The van der Waals surface area contributed by atoms with Crippen molar-refractivity contribution in [2.75, 3.05) is 23.3 Å². The van der Waals surface area contributed by atoms with Crippen LogP contribution in [-0.4, -0.2) is 33.9 Å². The summed E-state index contributed by atoms with van der Waals surface area (Å²) in [6, 6.07) is 10.0. The summed E-state index contributed by atoms with van der Waals surface area (Å²) in [4.78, 5) is 28.0. The van der Waals surface area contributed by atoms with Gasteiger partial charge < -0.3 is 10.2 Å². The summed E-state index contributed by atoms with van der Waals surface area (Å²) >= 11 is 1.46. The molecule has 1 saturated heterocycles. The third kappa shape index (κ3) is 4.14. The number of aromatic nitrogens is 3. The van der Waals surface area contributed by atoms with Crippen molar-refractivity contribution in [3.8, 4) is 11.3 Å². The predicted molar refractivity (Wildman–Crippen MR) is 108 cm³/mol. The number of amides is 1. The lowest BCUT2D eigenvalue weighted by molar-refractivity contribution is -0.120. The number of carbonyl (C=O) groups is 1. The van der Waals surface area contributed by atoms with Gasteiger partial charge in [-0.2, -0.15) is 0 Å². The molecule has 1 aliphatic heterocycles. The molecule has 0 unspecified atom stereocenters. The maximum absolute atomic E-state index is 12.7. The van der Waals surface area contributed by atoms with Crippen LogP contribution in [0.15, 0.2) is 48.1 Å². The van der Waals surface area contributed by atoms with Gasteiger partial charge in [0.15, 0.2) is 5.13 Å². The minimum absolute atomic E-state index is 0.0143. The molecule has 2 aromatic heterocycles. The number of thiazole rings is 1. The van der Waals surface area contributed by atoms with E-state index in [0.717, 1.165) is 30.6 Å². The molecule has 4 rings (SSSR count). The number of piperidine rings is 1. The summed E-state index contributed by atoms with van der Waals surface area (Å²) in [5.41, 5.74) is 3.16. The number of nitrogens with one attached hydrogen (secondary N) is 1. The van der Waals surface area contributed by atoms with E-state index < -0.39 is 0 Å². The first-order valence-electron chi connectivity index (χ1n) is 9.04. The number of hydrogen-bond acceptors (Lipinski definition) is 6. The fourth-order valence-corrected chi connectivity index (χ4v) is 3.95. The number of aryl methyl sites for hydroxylation is 1. The average Bonchev–Trinajstić information content (AvgIpc) is 3.18. The highest BCUT2D eigenvalue weighted by molar-refractivity contribution is 7.14. The molecule has 1 amide bonds. The molecule has 0 bridgehead atoms. The summed E-state index contributed by atoms with van der Waals surface area (Å²) < 4.78 is 0. The second kappa shape index (κ2) is 7.84. The highest BCUT2D eigenvalue weighted by atomic mass is 32.1. The van der Waals surface area contributed by atoms with Crippen LogP contribution in [0, 0.1) is 12.8 Å². The Morgan fingerprint density at radius 1 is 1.22 bits per heavy atom. The zero-order valence-corrected chi connectivity index (χ0v) is 15.9. The summed E-state index contributed by atoms with van der Waals surface area (Å²) in [7, 11) is 0. The largest absolute Gasteiger partial charge is 0.340 e. The molecule has 7 heteroatoms. The van der Waals surface area contributed by atoms with E-state index in [1.54, 1.807) is 18.5 Å². The van der Waals surface area contributed by atoms with E-state index in [0.29, 0.717) is 17.6 Å². The molecular formula is C20H21N5OS. The third-order valence-corrected chi connectivity index (χ3v) is 5.47. The summed E-state index contributed by atoms with van der Waals surface area (Å²) in [6.07, 6.45) is 5.27. The molecule has 27 heavy (non-hydrogen) atoms. The number of carbonyl (C=O) groups excluding carboxylic acids is 1. The van der Waals surface area contributed by atoms with Crippen LogP contribution in [0.5, 0.6) is 0 Å². The molecule has 3 heterocycles. The van der Waals surface area contributed by atoms with Gasteiger partial charge in [0.1, 0.15) is 0 Å². The Balaban J connectivity index is 1.41. The lowest BCUT2D eigenvalue weighted by Crippen LogP contribution is -2.41. The fraction of sp³-hybridized carbons (Fsp3) is 0.300. The van der Waals surface area contributed by atoms with Gasteiger partial charge in [0.05, 0.1) is 11.6 Å². The third-order valence-electron chi connectivity index (χ3n) is 4.71. The number of anilines is 2. The topological polar surface area (TPSA) is 71.0 Å². The Labute approximate surface area is 162 Å². The van der Waals surface area contributed by atoms with E-state index in [1.165, 1.54) is 16.9 Å². The molecule has 1 aliphatic rings. The number of nitrogens with zero attached hydrogens (tertiary/aromatic N) is 4. The van der Waals surface area contributed by atoms with Crippen molar-refractivity contribution in [1.29, 1.82) is 0 Å². The van der Waals surface area contributed by atoms with Crippen molar-refractivity contribution in [1.82, 2.24) is 15.0 Å². The maximum Gasteiger partial charge on any atom is 0.231 e. The molecule has 138 valence electrons. The standard InChI is InChI=1S/C20H21N5OS/c1-14-5-7-15(8-6-14)17-13-27-20(23-17)24-18(26)16-4-2-11-25(12-16)19-21-9-3-10-22-19/h3,5-10,13,16H,2,4,11-12H2,1H3,(H,23,24,26)/t16-/m1/s1. The minimum atomic E-state index is -0.0886. The van der Waals surface area contributed by atoms with Crippen LogP contribution in [0.1, 0.15) is 18.4 Å². The van der Waals surface area contributed by atoms with Crippen LogP contribution in [0.4, 0.5) is 11.1 Å². The SMILES string of the molecule is Cc1ccc(-c2csc(NC(=O)[C@@H]3CCCN(c4ncccn4)C3)n2)cc1. The van der Waals surface area contributed by atoms with Gasteiger partial charge in [0, 0.05) is 36.4 Å². The van der Waals surface area contributed by atoms with E-state index >= 15 is 0 Å². The first-order chi connectivity index (χ1) is 13.2. The fourth-order valence-electron chi connectivity index (χ4n) is 3.22. The maximum atomic E-state index is 12.7. The molecule has 0 aliphatic carbocycles. The van der Waals surface area contributed by atoms with Crippen LogP contribution in [0.3, 0.4) is 0 Å². The van der Waals surface area contributed by atoms with Gasteiger partial charge in [-0.15, -0.1) is 11.3 Å². The number of benzene rings is 1. The van der Waals surface area contributed by atoms with Gasteiger partial charge >= 0.3 is 0 Å². The zero-order chi connectivity index (χ0) is 18.6. The van der Waals surface area contributed by atoms with E-state index in [2.05, 4.69) is 56.4 Å². The predicted octanol–water partition coefficient (Wildman–Crippen LogP) is 3.76. The van der Waals surface area contributed by atoms with Gasteiger partial charge in [-0.1, -0.05) is 29.8 Å². The molecule has 1 atom stereocenters. The monoisotopic (exact) mass is 379 g/mol. The minimum Gasteiger partial charge on any atom is -0.340 e. The first kappa shape index (κ1) is 17.6. The van der Waals surface area contributed by atoms with E-state index in [1.807, 2.05) is 5.38 Å². The Morgan fingerprint density at radius 2 is 2.00 bits per heavy atom. The lowest BCUT2D eigenvalue weighted by Gasteiger charge is -2.31. The molecule has 0 radical (unpaired) electrons. The second-order valence-electron chi connectivity index (χ2n) is 6.73. The van der Waals surface area contributed by atoms with Crippen molar-refractivity contribution >= 4 is 28.3 Å². The van der Waals surface area contributed by atoms with Crippen molar-refractivity contribution in [3.63, 3.8) is 0 Å². The quantitative estimate of drug-likeness (QED) is 0.747. The van der Waals surface area contributed by atoms with Crippen molar-refractivity contribution in [3.05, 3.63) is 53.7 Å². The van der Waals surface area contributed by atoms with Gasteiger partial charge in [-0.25, -0.2) is 15.0 Å². The van der Waals surface area contributed by atoms with E-state index in [-0.39, 0.29) is 11.8 Å². The van der Waals surface area contributed by atoms with Crippen molar-refractivity contribution < 1.29 is 4.79 Å². The molecule has 0 saturated carbocycles. The molecule has 6 nitrogen and oxygen atoms in total. The Hall–Kier alpha value is -2.80. The molecular weight excluding hydrogens is 358 g/mol. The van der Waals surface area contributed by atoms with Crippen molar-refractivity contribution in [2.45, 2.75) is 19.8 Å². The van der Waals surface area contributed by atoms with Crippen LogP contribution < -0.4 is 10.2 Å². The summed E-state index contributed by atoms with van der Waals surface area (Å²) in [5, 5.41) is 5.61. The molecule has 3 aromatic rings. The number of rotatable bonds is 4. The summed E-state index contributed by atoms with van der Waals surface area (Å²) in [5.74, 6) is 0.612. The molecule has 1 N–H and O–H groups in total. The Morgan fingerprint density at radius 3 is 2.78 bits per heavy atom.